The Kier molecular flexibility index (Phi) is 8.49. The number of nitrogens with zero attached hydrogens (tertiary/aromatic N) is 3. The lowest BCUT2D eigenvalue weighted by atomic mass is 10.0. The number of carbonyl (C=O) groups excluding carboxylic acids is 4. The first-order chi connectivity index (χ1) is 18.2. The number of oxazole rings is 1. The van der Waals surface area contributed by atoms with Crippen LogP contribution in [0, 0.1) is 0 Å². The van der Waals surface area contributed by atoms with Gasteiger partial charge in [0.05, 0.1) is 11.3 Å². The van der Waals surface area contributed by atoms with Crippen molar-refractivity contribution in [1.29, 1.82) is 0 Å². The highest BCUT2D eigenvalue weighted by Gasteiger charge is 2.45. The highest BCUT2D eigenvalue weighted by Crippen LogP contribution is 2.29. The molecule has 4 rings (SSSR count). The Morgan fingerprint density at radius 3 is 2.62 bits per heavy atom. The summed E-state index contributed by atoms with van der Waals surface area (Å²) in [5.41, 5.74) is 0.214. The first-order valence-corrected chi connectivity index (χ1v) is 14.5. The van der Waals surface area contributed by atoms with Crippen LogP contribution in [0.2, 0.25) is 10.0 Å². The minimum absolute atomic E-state index is 0.0556. The number of rotatable bonds is 8. The third-order valence-corrected chi connectivity index (χ3v) is 7.43. The van der Waals surface area contributed by atoms with Crippen LogP contribution in [0.1, 0.15) is 42.8 Å². The van der Waals surface area contributed by atoms with E-state index in [1.54, 1.807) is 0 Å². The van der Waals surface area contributed by atoms with Crippen LogP contribution in [0.5, 0.6) is 0 Å². The summed E-state index contributed by atoms with van der Waals surface area (Å²) in [7, 11) is -3.82. The highest BCUT2D eigenvalue weighted by atomic mass is 35.5. The molecule has 39 heavy (non-hydrogen) atoms. The average Bonchev–Trinajstić information content (AvgIpc) is 3.23. The average molecular weight is 606 g/mol. The van der Waals surface area contributed by atoms with Crippen LogP contribution in [-0.4, -0.2) is 94.4 Å². The number of halogens is 2. The lowest BCUT2D eigenvalue weighted by molar-refractivity contribution is -0.176. The molecule has 1 aromatic heterocycles. The standard InChI is InChI=1S/C22H25Cl2N5O9S/c1-39(36,37)27-12-4-5-16(30)28-6-2-3-15(29(28)22(12)35)20(34)25-13(9-17(31)32)18(33)21-26-14-8-10(23)7-11(24)19(14)38-21/h7-8,12-13,15,17,27,31-32H,2-6,9H2,1H3,(H,25,34)/t12-,13-,15-/m0/s1. The van der Waals surface area contributed by atoms with E-state index in [1.165, 1.54) is 12.1 Å². The van der Waals surface area contributed by atoms with Gasteiger partial charge in [-0.05, 0) is 31.4 Å². The Hall–Kier alpha value is -2.82. The molecule has 212 valence electrons. The minimum atomic E-state index is -3.82. The van der Waals surface area contributed by atoms with E-state index in [4.69, 9.17) is 27.6 Å². The normalized spacial score (nSPS) is 21.2. The largest absolute Gasteiger partial charge is 0.432 e. The summed E-state index contributed by atoms with van der Waals surface area (Å²) in [6.07, 6.45) is -1.61. The second-order valence-electron chi connectivity index (χ2n) is 9.24. The third kappa shape index (κ3) is 6.50. The van der Waals surface area contributed by atoms with Gasteiger partial charge in [-0.2, -0.15) is 0 Å². The second-order valence-corrected chi connectivity index (χ2v) is 11.9. The number of sulfonamides is 1. The number of ketones is 1. The zero-order chi connectivity index (χ0) is 28.6. The summed E-state index contributed by atoms with van der Waals surface area (Å²) in [6.45, 7) is 0.129. The Labute approximate surface area is 232 Å². The van der Waals surface area contributed by atoms with Gasteiger partial charge in [0.1, 0.15) is 23.6 Å². The van der Waals surface area contributed by atoms with Crippen molar-refractivity contribution >= 4 is 67.8 Å². The van der Waals surface area contributed by atoms with Gasteiger partial charge in [-0.3, -0.25) is 24.2 Å². The van der Waals surface area contributed by atoms with Crippen molar-refractivity contribution in [2.24, 2.45) is 0 Å². The first-order valence-electron chi connectivity index (χ1n) is 11.8. The van der Waals surface area contributed by atoms with Gasteiger partial charge >= 0.3 is 0 Å². The molecule has 1 aromatic carbocycles. The SMILES string of the molecule is CS(=O)(=O)N[C@H]1CCC(=O)N2CCC[C@@H](C(=O)N[C@@H](CC(O)O)C(=O)c3nc4cc(Cl)cc(Cl)c4o3)N2C1=O. The van der Waals surface area contributed by atoms with Crippen molar-refractivity contribution in [2.75, 3.05) is 12.8 Å². The van der Waals surface area contributed by atoms with Crippen molar-refractivity contribution in [3.05, 3.63) is 28.1 Å². The molecule has 3 atom stereocenters. The number of hydrogen-bond donors (Lipinski definition) is 4. The second kappa shape index (κ2) is 11.3. The summed E-state index contributed by atoms with van der Waals surface area (Å²) < 4.78 is 31.3. The quantitative estimate of drug-likeness (QED) is 0.233. The molecule has 2 aliphatic rings. The molecule has 3 heterocycles. The van der Waals surface area contributed by atoms with E-state index in [1.807, 2.05) is 0 Å². The van der Waals surface area contributed by atoms with Gasteiger partial charge in [0.2, 0.25) is 27.6 Å². The predicted molar refractivity (Wildman–Crippen MR) is 136 cm³/mol. The number of amides is 3. The van der Waals surface area contributed by atoms with E-state index in [0.29, 0.717) is 6.42 Å². The monoisotopic (exact) mass is 605 g/mol. The van der Waals surface area contributed by atoms with Gasteiger partial charge in [0.25, 0.3) is 11.8 Å². The van der Waals surface area contributed by atoms with E-state index >= 15 is 0 Å². The van der Waals surface area contributed by atoms with E-state index in [0.717, 1.165) is 16.3 Å². The fraction of sp³-hybridized carbons (Fsp3) is 0.500. The van der Waals surface area contributed by atoms with Gasteiger partial charge in [-0.1, -0.05) is 23.2 Å². The molecular formula is C22H25Cl2N5O9S. The number of aliphatic hydroxyl groups is 2. The smallest absolute Gasteiger partial charge is 0.266 e. The Morgan fingerprint density at radius 2 is 1.95 bits per heavy atom. The molecule has 0 saturated carbocycles. The topological polar surface area (TPSA) is 199 Å². The van der Waals surface area contributed by atoms with Crippen molar-refractivity contribution in [2.45, 2.75) is 56.5 Å². The molecule has 2 aromatic rings. The Balaban J connectivity index is 1.61. The number of aliphatic hydroxyl groups excluding tert-OH is 1. The van der Waals surface area contributed by atoms with Crippen LogP contribution in [0.25, 0.3) is 11.1 Å². The van der Waals surface area contributed by atoms with Gasteiger partial charge in [-0.15, -0.1) is 0 Å². The lowest BCUT2D eigenvalue weighted by Crippen LogP contribution is -2.64. The molecule has 2 saturated heterocycles. The molecule has 0 aliphatic carbocycles. The zero-order valence-electron chi connectivity index (χ0n) is 20.5. The zero-order valence-corrected chi connectivity index (χ0v) is 22.8. The summed E-state index contributed by atoms with van der Waals surface area (Å²) in [4.78, 5) is 56.8. The molecule has 14 nitrogen and oxygen atoms in total. The molecule has 0 bridgehead atoms. The number of carbonyl (C=O) groups is 4. The van der Waals surface area contributed by atoms with Crippen LogP contribution >= 0.6 is 23.2 Å². The molecule has 0 spiro atoms. The van der Waals surface area contributed by atoms with Crippen LogP contribution in [0.4, 0.5) is 0 Å². The Morgan fingerprint density at radius 1 is 1.23 bits per heavy atom. The summed E-state index contributed by atoms with van der Waals surface area (Å²) >= 11 is 12.1. The van der Waals surface area contributed by atoms with Crippen LogP contribution in [-0.2, 0) is 24.4 Å². The molecule has 2 aliphatic heterocycles. The minimum Gasteiger partial charge on any atom is -0.432 e. The van der Waals surface area contributed by atoms with Gasteiger partial charge in [0, 0.05) is 24.4 Å². The van der Waals surface area contributed by atoms with Crippen molar-refractivity contribution in [3.63, 3.8) is 0 Å². The highest BCUT2D eigenvalue weighted by molar-refractivity contribution is 7.88. The van der Waals surface area contributed by atoms with Crippen molar-refractivity contribution in [3.8, 4) is 0 Å². The molecule has 3 amide bonds. The number of nitrogens with one attached hydrogen (secondary N) is 2. The Bertz CT molecular complexity index is 1430. The maximum absolute atomic E-state index is 13.4. The summed E-state index contributed by atoms with van der Waals surface area (Å²) in [5, 5.41) is 23.9. The number of Topliss-reactive ketones (excluding diaryl/α,β-unsaturated/α-hetero) is 1. The fourth-order valence-electron chi connectivity index (χ4n) is 4.56. The molecule has 0 unspecified atom stereocenters. The fourth-order valence-corrected chi connectivity index (χ4v) is 5.82. The van der Waals surface area contributed by atoms with Crippen LogP contribution in [0.3, 0.4) is 0 Å². The molecule has 2 fully saturated rings. The summed E-state index contributed by atoms with van der Waals surface area (Å²) in [5.74, 6) is -3.55. The third-order valence-electron chi connectivity index (χ3n) is 6.22. The number of aromatic nitrogens is 1. The van der Waals surface area contributed by atoms with E-state index < -0.39 is 70.3 Å². The number of benzene rings is 1. The number of fused-ring (bicyclic) bond motifs is 2. The number of hydrogen-bond acceptors (Lipinski definition) is 10. The van der Waals surface area contributed by atoms with E-state index in [-0.39, 0.29) is 47.0 Å². The lowest BCUT2D eigenvalue weighted by Gasteiger charge is -2.43. The van der Waals surface area contributed by atoms with E-state index in [2.05, 4.69) is 15.0 Å². The molecule has 0 radical (unpaired) electrons. The van der Waals surface area contributed by atoms with Crippen molar-refractivity contribution < 1.29 is 42.2 Å². The van der Waals surface area contributed by atoms with Crippen molar-refractivity contribution in [1.82, 2.24) is 25.0 Å². The molecule has 4 N–H and O–H groups in total. The maximum Gasteiger partial charge on any atom is 0.266 e. The van der Waals surface area contributed by atoms with Gasteiger partial charge in [0.15, 0.2) is 11.9 Å². The predicted octanol–water partition coefficient (Wildman–Crippen LogP) is -0.0509. The summed E-state index contributed by atoms with van der Waals surface area (Å²) in [6, 6.07) is -1.35. The van der Waals surface area contributed by atoms with Crippen LogP contribution in [0.15, 0.2) is 16.5 Å². The maximum atomic E-state index is 13.4. The number of hydrazine groups is 1. The molecular weight excluding hydrogens is 581 g/mol. The first kappa shape index (κ1) is 29.2. The van der Waals surface area contributed by atoms with E-state index in [9.17, 15) is 37.8 Å². The molecule has 17 heteroatoms. The van der Waals surface area contributed by atoms with Crippen LogP contribution < -0.4 is 10.0 Å². The van der Waals surface area contributed by atoms with Gasteiger partial charge in [-0.25, -0.2) is 23.1 Å². The van der Waals surface area contributed by atoms with Gasteiger partial charge < -0.3 is 19.9 Å².